The van der Waals surface area contributed by atoms with Crippen LogP contribution >= 0.6 is 0 Å². The van der Waals surface area contributed by atoms with Gasteiger partial charge in [0.2, 0.25) is 0 Å². The minimum Gasteiger partial charge on any atom is -0.349 e. The molecule has 0 fully saturated rings. The Labute approximate surface area is 163 Å². The van der Waals surface area contributed by atoms with E-state index in [9.17, 15) is 28.1 Å². The van der Waals surface area contributed by atoms with Crippen molar-refractivity contribution in [3.8, 4) is 0 Å². The SMILES string of the molecule is O=C(Nc1ccccc1)c1cc([N+](=O)[O-])c(Nc2ccccc2)c(C(F)(F)F)c1. The molecule has 29 heavy (non-hydrogen) atoms. The summed E-state index contributed by atoms with van der Waals surface area (Å²) in [7, 11) is 0. The number of nitro benzene ring substituents is 1. The Morgan fingerprint density at radius 2 is 1.45 bits per heavy atom. The number of carbonyl (C=O) groups is 1. The van der Waals surface area contributed by atoms with Gasteiger partial charge in [-0.2, -0.15) is 13.2 Å². The lowest BCUT2D eigenvalue weighted by molar-refractivity contribution is -0.384. The number of benzene rings is 3. The molecule has 0 saturated heterocycles. The van der Waals surface area contributed by atoms with Gasteiger partial charge in [0.25, 0.3) is 11.6 Å². The fraction of sp³-hybridized carbons (Fsp3) is 0.0500. The highest BCUT2D eigenvalue weighted by atomic mass is 19.4. The maximum absolute atomic E-state index is 13.7. The van der Waals surface area contributed by atoms with Crippen LogP contribution in [0, 0.1) is 10.1 Å². The van der Waals surface area contributed by atoms with Gasteiger partial charge in [-0.25, -0.2) is 0 Å². The van der Waals surface area contributed by atoms with E-state index in [2.05, 4.69) is 10.6 Å². The highest BCUT2D eigenvalue weighted by molar-refractivity contribution is 6.05. The van der Waals surface area contributed by atoms with Crippen LogP contribution in [0.3, 0.4) is 0 Å². The minimum atomic E-state index is -4.93. The van der Waals surface area contributed by atoms with Crippen LogP contribution in [0.4, 0.5) is 35.9 Å². The van der Waals surface area contributed by atoms with Gasteiger partial charge in [0.15, 0.2) is 0 Å². The van der Waals surface area contributed by atoms with Gasteiger partial charge in [0, 0.05) is 23.0 Å². The van der Waals surface area contributed by atoms with Crippen molar-refractivity contribution < 1.29 is 22.9 Å². The number of para-hydroxylation sites is 2. The van der Waals surface area contributed by atoms with Crippen molar-refractivity contribution in [3.05, 3.63) is 94.0 Å². The van der Waals surface area contributed by atoms with Crippen molar-refractivity contribution in [2.24, 2.45) is 0 Å². The number of carbonyl (C=O) groups excluding carboxylic acids is 1. The second kappa shape index (κ2) is 8.01. The van der Waals surface area contributed by atoms with Gasteiger partial charge in [0.05, 0.1) is 10.5 Å². The number of hydrogen-bond donors (Lipinski definition) is 2. The molecule has 2 N–H and O–H groups in total. The molecule has 0 aliphatic rings. The normalized spacial score (nSPS) is 11.0. The van der Waals surface area contributed by atoms with Gasteiger partial charge >= 0.3 is 6.18 Å². The monoisotopic (exact) mass is 401 g/mol. The highest BCUT2D eigenvalue weighted by Crippen LogP contribution is 2.42. The summed E-state index contributed by atoms with van der Waals surface area (Å²) < 4.78 is 41.0. The lowest BCUT2D eigenvalue weighted by Gasteiger charge is -2.16. The van der Waals surface area contributed by atoms with E-state index < -0.39 is 39.5 Å². The molecular formula is C20H14F3N3O3. The maximum atomic E-state index is 13.7. The van der Waals surface area contributed by atoms with Crippen molar-refractivity contribution in [2.45, 2.75) is 6.18 Å². The van der Waals surface area contributed by atoms with Crippen LogP contribution in [0.25, 0.3) is 0 Å². The van der Waals surface area contributed by atoms with Crippen LogP contribution < -0.4 is 10.6 Å². The molecule has 0 radical (unpaired) electrons. The summed E-state index contributed by atoms with van der Waals surface area (Å²) >= 11 is 0. The van der Waals surface area contributed by atoms with Crippen molar-refractivity contribution in [1.82, 2.24) is 0 Å². The van der Waals surface area contributed by atoms with E-state index >= 15 is 0 Å². The van der Waals surface area contributed by atoms with Crippen LogP contribution in [-0.2, 0) is 6.18 Å². The van der Waals surface area contributed by atoms with Crippen molar-refractivity contribution in [1.29, 1.82) is 0 Å². The third kappa shape index (κ3) is 4.70. The number of alkyl halides is 3. The van der Waals surface area contributed by atoms with Crippen molar-refractivity contribution in [3.63, 3.8) is 0 Å². The average molecular weight is 401 g/mol. The van der Waals surface area contributed by atoms with Gasteiger partial charge in [-0.15, -0.1) is 0 Å². The molecule has 1 amide bonds. The molecule has 148 valence electrons. The molecule has 3 aromatic carbocycles. The first-order valence-corrected chi connectivity index (χ1v) is 8.34. The first-order valence-electron chi connectivity index (χ1n) is 8.34. The van der Waals surface area contributed by atoms with Crippen LogP contribution in [0.2, 0.25) is 0 Å². The molecule has 0 atom stereocenters. The van der Waals surface area contributed by atoms with E-state index in [1.165, 1.54) is 12.1 Å². The zero-order valence-electron chi connectivity index (χ0n) is 14.7. The molecular weight excluding hydrogens is 387 g/mol. The number of halogens is 3. The average Bonchev–Trinajstić information content (AvgIpc) is 2.68. The second-order valence-electron chi connectivity index (χ2n) is 5.98. The lowest BCUT2D eigenvalue weighted by Crippen LogP contribution is -2.16. The molecule has 0 heterocycles. The van der Waals surface area contributed by atoms with E-state index in [-0.39, 0.29) is 5.69 Å². The summed E-state index contributed by atoms with van der Waals surface area (Å²) in [6, 6.07) is 17.2. The van der Waals surface area contributed by atoms with E-state index in [1.54, 1.807) is 48.5 Å². The number of amides is 1. The Morgan fingerprint density at radius 3 is 1.97 bits per heavy atom. The molecule has 3 aromatic rings. The third-order valence-corrected chi connectivity index (χ3v) is 3.96. The Hall–Kier alpha value is -3.88. The summed E-state index contributed by atoms with van der Waals surface area (Å²) in [5, 5.41) is 16.4. The standard InChI is InChI=1S/C20H14F3N3O3/c21-20(22,23)16-11-13(19(27)25-15-9-5-2-6-10-15)12-17(26(28)29)18(16)24-14-7-3-1-4-8-14/h1-12,24H,(H,25,27). The topological polar surface area (TPSA) is 84.3 Å². The lowest BCUT2D eigenvalue weighted by atomic mass is 10.0. The minimum absolute atomic E-state index is 0.239. The predicted molar refractivity (Wildman–Crippen MR) is 102 cm³/mol. The van der Waals surface area contributed by atoms with Crippen LogP contribution in [0.1, 0.15) is 15.9 Å². The Kier molecular flexibility index (Phi) is 5.49. The third-order valence-electron chi connectivity index (χ3n) is 3.96. The summed E-state index contributed by atoms with van der Waals surface area (Å²) in [6.07, 6.45) is -4.93. The van der Waals surface area contributed by atoms with Gasteiger partial charge in [-0.3, -0.25) is 14.9 Å². The Morgan fingerprint density at radius 1 is 0.897 bits per heavy atom. The van der Waals surface area contributed by atoms with Crippen LogP contribution in [-0.4, -0.2) is 10.8 Å². The number of nitro groups is 1. The van der Waals surface area contributed by atoms with Gasteiger partial charge < -0.3 is 10.6 Å². The number of nitrogens with zero attached hydrogens (tertiary/aromatic N) is 1. The molecule has 0 unspecified atom stereocenters. The second-order valence-corrected chi connectivity index (χ2v) is 5.98. The number of rotatable bonds is 5. The summed E-state index contributed by atoms with van der Waals surface area (Å²) in [5.74, 6) is -0.893. The Balaban J connectivity index is 2.09. The molecule has 0 aromatic heterocycles. The van der Waals surface area contributed by atoms with Gasteiger partial charge in [-0.1, -0.05) is 36.4 Å². The molecule has 6 nitrogen and oxygen atoms in total. The Bertz CT molecular complexity index is 1040. The largest absolute Gasteiger partial charge is 0.418 e. The maximum Gasteiger partial charge on any atom is 0.418 e. The molecule has 0 saturated carbocycles. The first kappa shape index (κ1) is 19.9. The van der Waals surface area contributed by atoms with E-state index in [4.69, 9.17) is 0 Å². The zero-order valence-corrected chi connectivity index (χ0v) is 14.7. The quantitative estimate of drug-likeness (QED) is 0.430. The highest BCUT2D eigenvalue weighted by Gasteiger charge is 2.38. The molecule has 0 aliphatic heterocycles. The summed E-state index contributed by atoms with van der Waals surface area (Å²) in [4.78, 5) is 22.9. The molecule has 0 aliphatic carbocycles. The molecule has 3 rings (SSSR count). The van der Waals surface area contributed by atoms with Crippen LogP contribution in [0.5, 0.6) is 0 Å². The molecule has 9 heteroatoms. The van der Waals surface area contributed by atoms with E-state index in [1.807, 2.05) is 0 Å². The van der Waals surface area contributed by atoms with Crippen molar-refractivity contribution in [2.75, 3.05) is 10.6 Å². The summed E-state index contributed by atoms with van der Waals surface area (Å²) in [6.45, 7) is 0. The number of anilines is 3. The van der Waals surface area contributed by atoms with Crippen LogP contribution in [0.15, 0.2) is 72.8 Å². The number of nitrogens with one attached hydrogen (secondary N) is 2. The fourth-order valence-electron chi connectivity index (χ4n) is 2.65. The zero-order chi connectivity index (χ0) is 21.0. The van der Waals surface area contributed by atoms with Gasteiger partial charge in [0.1, 0.15) is 5.69 Å². The predicted octanol–water partition coefficient (Wildman–Crippen LogP) is 5.61. The fourth-order valence-corrected chi connectivity index (χ4v) is 2.65. The molecule has 0 bridgehead atoms. The number of hydrogen-bond acceptors (Lipinski definition) is 4. The van der Waals surface area contributed by atoms with E-state index in [0.29, 0.717) is 11.8 Å². The van der Waals surface area contributed by atoms with E-state index in [0.717, 1.165) is 6.07 Å². The first-order chi connectivity index (χ1) is 13.8. The smallest absolute Gasteiger partial charge is 0.349 e. The van der Waals surface area contributed by atoms with Crippen molar-refractivity contribution >= 4 is 28.7 Å². The van der Waals surface area contributed by atoms with Gasteiger partial charge in [-0.05, 0) is 30.3 Å². The summed E-state index contributed by atoms with van der Waals surface area (Å²) in [5.41, 5.74) is -2.80. The molecule has 0 spiro atoms.